The van der Waals surface area contributed by atoms with Gasteiger partial charge < -0.3 is 15.1 Å². The zero-order chi connectivity index (χ0) is 14.5. The number of piperidine rings is 1. The van der Waals surface area contributed by atoms with Crippen molar-refractivity contribution in [2.45, 2.75) is 32.7 Å². The van der Waals surface area contributed by atoms with E-state index in [0.29, 0.717) is 17.9 Å². The van der Waals surface area contributed by atoms with Crippen molar-refractivity contribution in [1.29, 1.82) is 0 Å². The smallest absolute Gasteiger partial charge is 0.231 e. The van der Waals surface area contributed by atoms with E-state index in [2.05, 4.69) is 37.0 Å². The molecule has 1 saturated heterocycles. The van der Waals surface area contributed by atoms with E-state index in [-0.39, 0.29) is 5.28 Å². The third-order valence-electron chi connectivity index (χ3n) is 3.80. The molecule has 0 bridgehead atoms. The number of anilines is 2. The first-order valence-electron chi connectivity index (χ1n) is 7.24. The summed E-state index contributed by atoms with van der Waals surface area (Å²) in [5.74, 6) is 1.19. The number of nitrogens with zero attached hydrogens (tertiary/aromatic N) is 5. The Balaban J connectivity index is 2.07. The van der Waals surface area contributed by atoms with Crippen molar-refractivity contribution in [3.63, 3.8) is 0 Å². The van der Waals surface area contributed by atoms with Crippen molar-refractivity contribution in [3.8, 4) is 0 Å². The highest BCUT2D eigenvalue weighted by Crippen LogP contribution is 2.20. The van der Waals surface area contributed by atoms with Crippen LogP contribution in [0.5, 0.6) is 0 Å². The van der Waals surface area contributed by atoms with E-state index in [1.54, 1.807) is 0 Å². The number of hydrogen-bond acceptors (Lipinski definition) is 6. The van der Waals surface area contributed by atoms with Crippen molar-refractivity contribution < 1.29 is 0 Å². The molecule has 0 aliphatic carbocycles. The van der Waals surface area contributed by atoms with E-state index in [4.69, 9.17) is 11.6 Å². The molecule has 1 aromatic rings. The average Bonchev–Trinajstić information content (AvgIpc) is 2.46. The summed E-state index contributed by atoms with van der Waals surface area (Å²) in [6, 6.07) is 0.464. The number of halogens is 1. The minimum atomic E-state index is 0.240. The standard InChI is InChI=1S/C13H23ClN6/c1-4-15-12-16-11(14)17-13(18-12)19(3)10-6-8-20(5-2)9-7-10/h10H,4-9H2,1-3H3,(H,15,16,17,18). The van der Waals surface area contributed by atoms with Gasteiger partial charge in [0.2, 0.25) is 17.2 Å². The largest absolute Gasteiger partial charge is 0.354 e. The number of aromatic nitrogens is 3. The maximum absolute atomic E-state index is 5.98. The summed E-state index contributed by atoms with van der Waals surface area (Å²) in [4.78, 5) is 17.3. The van der Waals surface area contributed by atoms with Crippen LogP contribution >= 0.6 is 11.6 Å². The highest BCUT2D eigenvalue weighted by molar-refractivity contribution is 6.28. The molecule has 1 aliphatic heterocycles. The van der Waals surface area contributed by atoms with Crippen LogP contribution in [-0.4, -0.2) is 59.1 Å². The second-order valence-electron chi connectivity index (χ2n) is 5.03. The first kappa shape index (κ1) is 15.3. The van der Waals surface area contributed by atoms with E-state index in [1.165, 1.54) is 0 Å². The minimum Gasteiger partial charge on any atom is -0.354 e. The molecule has 7 heteroatoms. The fourth-order valence-electron chi connectivity index (χ4n) is 2.52. The zero-order valence-electron chi connectivity index (χ0n) is 12.4. The summed E-state index contributed by atoms with van der Waals surface area (Å²) in [5.41, 5.74) is 0. The van der Waals surface area contributed by atoms with Gasteiger partial charge in [0.25, 0.3) is 0 Å². The fourth-order valence-corrected chi connectivity index (χ4v) is 2.68. The van der Waals surface area contributed by atoms with Crippen LogP contribution in [0.1, 0.15) is 26.7 Å². The summed E-state index contributed by atoms with van der Waals surface area (Å²) < 4.78 is 0. The van der Waals surface area contributed by atoms with Crippen LogP contribution in [0.4, 0.5) is 11.9 Å². The predicted molar refractivity (Wildman–Crippen MR) is 82.5 cm³/mol. The molecule has 1 aliphatic rings. The van der Waals surface area contributed by atoms with Crippen LogP contribution in [-0.2, 0) is 0 Å². The van der Waals surface area contributed by atoms with Crippen LogP contribution in [0.25, 0.3) is 0 Å². The summed E-state index contributed by atoms with van der Waals surface area (Å²) >= 11 is 5.98. The second kappa shape index (κ2) is 7.04. The van der Waals surface area contributed by atoms with E-state index < -0.39 is 0 Å². The number of nitrogens with one attached hydrogen (secondary N) is 1. The molecule has 0 atom stereocenters. The summed E-state index contributed by atoms with van der Waals surface area (Å²) in [5, 5.41) is 3.32. The van der Waals surface area contributed by atoms with E-state index in [1.807, 2.05) is 14.0 Å². The van der Waals surface area contributed by atoms with Gasteiger partial charge in [-0.3, -0.25) is 0 Å². The van der Waals surface area contributed by atoms with Gasteiger partial charge in [0, 0.05) is 32.7 Å². The molecule has 2 heterocycles. The molecular weight excluding hydrogens is 276 g/mol. The number of hydrogen-bond donors (Lipinski definition) is 1. The van der Waals surface area contributed by atoms with Gasteiger partial charge in [-0.15, -0.1) is 0 Å². The number of likely N-dealkylation sites (tertiary alicyclic amines) is 1. The van der Waals surface area contributed by atoms with Gasteiger partial charge in [-0.1, -0.05) is 6.92 Å². The van der Waals surface area contributed by atoms with Gasteiger partial charge in [0.05, 0.1) is 0 Å². The van der Waals surface area contributed by atoms with Crippen molar-refractivity contribution >= 4 is 23.5 Å². The van der Waals surface area contributed by atoms with Crippen LogP contribution < -0.4 is 10.2 Å². The highest BCUT2D eigenvalue weighted by Gasteiger charge is 2.23. The molecule has 6 nitrogen and oxygen atoms in total. The molecule has 0 aromatic carbocycles. The van der Waals surface area contributed by atoms with E-state index in [0.717, 1.165) is 39.0 Å². The third kappa shape index (κ3) is 3.70. The summed E-state index contributed by atoms with van der Waals surface area (Å²) in [7, 11) is 2.04. The molecule has 0 saturated carbocycles. The lowest BCUT2D eigenvalue weighted by Gasteiger charge is -2.36. The monoisotopic (exact) mass is 298 g/mol. The average molecular weight is 299 g/mol. The molecular formula is C13H23ClN6. The first-order chi connectivity index (χ1) is 9.63. The molecule has 0 amide bonds. The fraction of sp³-hybridized carbons (Fsp3) is 0.769. The SMILES string of the molecule is CCNc1nc(Cl)nc(N(C)C2CCN(CC)CC2)n1. The van der Waals surface area contributed by atoms with Gasteiger partial charge in [-0.2, -0.15) is 15.0 Å². The molecule has 0 radical (unpaired) electrons. The zero-order valence-corrected chi connectivity index (χ0v) is 13.2. The van der Waals surface area contributed by atoms with E-state index >= 15 is 0 Å². The van der Waals surface area contributed by atoms with Gasteiger partial charge in [-0.25, -0.2) is 0 Å². The van der Waals surface area contributed by atoms with Gasteiger partial charge in [0.15, 0.2) is 0 Å². The van der Waals surface area contributed by atoms with Crippen LogP contribution in [0.2, 0.25) is 5.28 Å². The highest BCUT2D eigenvalue weighted by atomic mass is 35.5. The van der Waals surface area contributed by atoms with Crippen LogP contribution in [0, 0.1) is 0 Å². The maximum Gasteiger partial charge on any atom is 0.231 e. The molecule has 112 valence electrons. The number of rotatable bonds is 5. The van der Waals surface area contributed by atoms with Crippen LogP contribution in [0.15, 0.2) is 0 Å². The van der Waals surface area contributed by atoms with Crippen molar-refractivity contribution in [2.24, 2.45) is 0 Å². The predicted octanol–water partition coefficient (Wildman–Crippen LogP) is 1.88. The quantitative estimate of drug-likeness (QED) is 0.896. The molecule has 1 N–H and O–H groups in total. The molecule has 0 unspecified atom stereocenters. The third-order valence-corrected chi connectivity index (χ3v) is 3.97. The summed E-state index contributed by atoms with van der Waals surface area (Å²) in [6.45, 7) is 8.35. The molecule has 20 heavy (non-hydrogen) atoms. The first-order valence-corrected chi connectivity index (χ1v) is 7.62. The lowest BCUT2D eigenvalue weighted by Crippen LogP contribution is -2.44. The molecule has 1 fully saturated rings. The Bertz CT molecular complexity index is 433. The van der Waals surface area contributed by atoms with Crippen molar-refractivity contribution in [1.82, 2.24) is 19.9 Å². The Morgan fingerprint density at radius 3 is 2.55 bits per heavy atom. The lowest BCUT2D eigenvalue weighted by atomic mass is 10.0. The minimum absolute atomic E-state index is 0.240. The Hall–Kier alpha value is -1.14. The van der Waals surface area contributed by atoms with Crippen LogP contribution in [0.3, 0.4) is 0 Å². The van der Waals surface area contributed by atoms with Gasteiger partial charge in [0.1, 0.15) is 0 Å². The lowest BCUT2D eigenvalue weighted by molar-refractivity contribution is 0.220. The van der Waals surface area contributed by atoms with Crippen molar-refractivity contribution in [3.05, 3.63) is 5.28 Å². The van der Waals surface area contributed by atoms with E-state index in [9.17, 15) is 0 Å². The Labute approximate surface area is 125 Å². The Morgan fingerprint density at radius 2 is 1.95 bits per heavy atom. The normalized spacial score (nSPS) is 17.2. The van der Waals surface area contributed by atoms with Gasteiger partial charge in [-0.05, 0) is 37.9 Å². The molecule has 0 spiro atoms. The molecule has 2 rings (SSSR count). The summed E-state index contributed by atoms with van der Waals surface area (Å²) in [6.07, 6.45) is 2.26. The van der Waals surface area contributed by atoms with Gasteiger partial charge >= 0.3 is 0 Å². The molecule has 1 aromatic heterocycles. The van der Waals surface area contributed by atoms with Crippen molar-refractivity contribution in [2.75, 3.05) is 43.4 Å². The second-order valence-corrected chi connectivity index (χ2v) is 5.37. The Morgan fingerprint density at radius 1 is 1.25 bits per heavy atom. The topological polar surface area (TPSA) is 57.2 Å². The maximum atomic E-state index is 5.98. The Kier molecular flexibility index (Phi) is 5.37.